The Morgan fingerprint density at radius 2 is 2.08 bits per heavy atom. The fourth-order valence-corrected chi connectivity index (χ4v) is 5.43. The molecule has 2 aromatic heterocycles. The molecular formula is C26H23ClFN3O6. The van der Waals surface area contributed by atoms with Gasteiger partial charge in [0.1, 0.15) is 18.5 Å². The van der Waals surface area contributed by atoms with E-state index in [2.05, 4.69) is 10.3 Å². The lowest BCUT2D eigenvalue weighted by Crippen LogP contribution is -2.44. The van der Waals surface area contributed by atoms with Gasteiger partial charge in [0, 0.05) is 29.1 Å². The molecule has 37 heavy (non-hydrogen) atoms. The Balaban J connectivity index is 1.53. The zero-order valence-corrected chi connectivity index (χ0v) is 20.6. The lowest BCUT2D eigenvalue weighted by Gasteiger charge is -2.31. The highest BCUT2D eigenvalue weighted by Gasteiger charge is 2.45. The quantitative estimate of drug-likeness (QED) is 0.339. The van der Waals surface area contributed by atoms with Gasteiger partial charge >= 0.3 is 5.97 Å². The van der Waals surface area contributed by atoms with Gasteiger partial charge in [0.25, 0.3) is 5.56 Å². The van der Waals surface area contributed by atoms with E-state index in [0.29, 0.717) is 27.9 Å². The van der Waals surface area contributed by atoms with Gasteiger partial charge in [-0.2, -0.15) is 0 Å². The fourth-order valence-electron chi connectivity index (χ4n) is 5.27. The summed E-state index contributed by atoms with van der Waals surface area (Å²) in [5, 5.41) is 24.4. The van der Waals surface area contributed by atoms with Gasteiger partial charge in [-0.1, -0.05) is 18.5 Å². The molecule has 0 unspecified atom stereocenters. The van der Waals surface area contributed by atoms with Crippen LogP contribution in [-0.4, -0.2) is 37.7 Å². The number of nitrogens with one attached hydrogen (secondary N) is 1. The number of aliphatic hydroxyl groups is 2. The average molecular weight is 528 g/mol. The number of rotatable bonds is 5. The molecule has 9 nitrogen and oxygen atoms in total. The number of hydrogen-bond acceptors (Lipinski definition) is 7. The molecule has 0 bridgehead atoms. The fraction of sp³-hybridized carbons (Fsp3) is 0.385. The summed E-state index contributed by atoms with van der Waals surface area (Å²) in [6.07, 6.45) is 0.467. The van der Waals surface area contributed by atoms with Gasteiger partial charge in [0.2, 0.25) is 5.91 Å². The molecule has 11 heteroatoms. The van der Waals surface area contributed by atoms with Crippen LogP contribution in [-0.2, 0) is 39.6 Å². The van der Waals surface area contributed by atoms with Crippen LogP contribution < -0.4 is 10.9 Å². The molecule has 0 spiro atoms. The molecule has 1 fully saturated rings. The zero-order chi connectivity index (χ0) is 26.2. The number of fused-ring (bicyclic) bond motifs is 5. The van der Waals surface area contributed by atoms with Crippen LogP contribution >= 0.6 is 11.6 Å². The second-order valence-corrected chi connectivity index (χ2v) is 10.2. The van der Waals surface area contributed by atoms with Gasteiger partial charge in [-0.15, -0.1) is 0 Å². The van der Waals surface area contributed by atoms with Crippen LogP contribution in [0.15, 0.2) is 23.0 Å². The molecular weight excluding hydrogens is 505 g/mol. The van der Waals surface area contributed by atoms with E-state index in [1.165, 1.54) is 16.7 Å². The molecule has 2 atom stereocenters. The molecule has 3 aromatic rings. The van der Waals surface area contributed by atoms with Crippen molar-refractivity contribution >= 4 is 34.4 Å². The van der Waals surface area contributed by atoms with Crippen LogP contribution in [0.1, 0.15) is 48.4 Å². The molecule has 3 N–H and O–H groups in total. The summed E-state index contributed by atoms with van der Waals surface area (Å²) in [6.45, 7) is 1.45. The number of esters is 1. The van der Waals surface area contributed by atoms with E-state index in [9.17, 15) is 29.0 Å². The molecule has 1 aliphatic carbocycles. The number of benzene rings is 1. The second kappa shape index (κ2) is 8.34. The summed E-state index contributed by atoms with van der Waals surface area (Å²) in [6, 6.07) is 4.18. The third-order valence-corrected chi connectivity index (χ3v) is 7.91. The maximum Gasteiger partial charge on any atom is 0.343 e. The van der Waals surface area contributed by atoms with Crippen LogP contribution in [0.25, 0.3) is 22.3 Å². The van der Waals surface area contributed by atoms with Crippen molar-refractivity contribution in [3.63, 3.8) is 0 Å². The maximum absolute atomic E-state index is 14.4. The molecule has 1 amide bonds. The second-order valence-electron chi connectivity index (χ2n) is 9.80. The van der Waals surface area contributed by atoms with Crippen LogP contribution in [0.4, 0.5) is 4.39 Å². The van der Waals surface area contributed by atoms with Crippen molar-refractivity contribution in [3.05, 3.63) is 61.6 Å². The van der Waals surface area contributed by atoms with Crippen LogP contribution in [0, 0.1) is 11.7 Å². The highest BCUT2D eigenvalue weighted by molar-refractivity contribution is 6.31. The monoisotopic (exact) mass is 527 g/mol. The summed E-state index contributed by atoms with van der Waals surface area (Å²) in [5.74, 6) is -2.07. The van der Waals surface area contributed by atoms with E-state index in [4.69, 9.17) is 16.3 Å². The molecule has 1 aromatic carbocycles. The maximum atomic E-state index is 14.4. The first kappa shape index (κ1) is 24.0. The van der Waals surface area contributed by atoms with Crippen molar-refractivity contribution in [2.75, 3.05) is 0 Å². The van der Waals surface area contributed by atoms with Crippen molar-refractivity contribution in [2.45, 2.75) is 57.6 Å². The lowest BCUT2D eigenvalue weighted by atomic mass is 9.86. The van der Waals surface area contributed by atoms with Crippen molar-refractivity contribution in [1.82, 2.24) is 14.9 Å². The Morgan fingerprint density at radius 1 is 1.32 bits per heavy atom. The number of ether oxygens (including phenoxy) is 1. The first-order valence-electron chi connectivity index (χ1n) is 12.1. The first-order chi connectivity index (χ1) is 17.6. The number of nitrogens with zero attached hydrogens (tertiary/aromatic N) is 2. The number of pyridine rings is 2. The predicted octanol–water partition coefficient (Wildman–Crippen LogP) is 2.26. The molecule has 0 saturated heterocycles. The highest BCUT2D eigenvalue weighted by atomic mass is 35.5. The number of carbonyl (C=O) groups is 2. The molecule has 2 aliphatic heterocycles. The standard InChI is InChI=1S/C26H23ClFN3O6/c1-2-26(36)16-6-20-21-14(9-31(20)24(34)15(16)10-37-25(26)35)13(8-29-23(33)22(32)11-3-4-11)12-5-17(27)18(28)7-19(12)30-21/h5-7,11,22,32,36H,2-4,8-10H2,1H3,(H,29,33)/t22-,26+/m1/s1. The Hall–Kier alpha value is -3.34. The third kappa shape index (κ3) is 3.58. The number of carbonyl (C=O) groups excluding carboxylic acids is 2. The lowest BCUT2D eigenvalue weighted by molar-refractivity contribution is -0.172. The normalized spacial score (nSPS) is 20.7. The predicted molar refractivity (Wildman–Crippen MR) is 130 cm³/mol. The van der Waals surface area contributed by atoms with E-state index in [1.54, 1.807) is 13.0 Å². The third-order valence-electron chi connectivity index (χ3n) is 7.62. The number of cyclic esters (lactones) is 1. The van der Waals surface area contributed by atoms with Crippen molar-refractivity contribution in [3.8, 4) is 11.4 Å². The van der Waals surface area contributed by atoms with Gasteiger partial charge in [-0.05, 0) is 42.9 Å². The van der Waals surface area contributed by atoms with E-state index in [-0.39, 0.29) is 53.7 Å². The summed E-state index contributed by atoms with van der Waals surface area (Å²) >= 11 is 6.08. The van der Waals surface area contributed by atoms with E-state index in [1.807, 2.05) is 0 Å². The van der Waals surface area contributed by atoms with E-state index >= 15 is 0 Å². The number of amides is 1. The molecule has 4 heterocycles. The number of aromatic nitrogens is 2. The molecule has 0 radical (unpaired) electrons. The number of hydrogen-bond donors (Lipinski definition) is 3. The van der Waals surface area contributed by atoms with Crippen molar-refractivity contribution in [2.24, 2.45) is 5.92 Å². The van der Waals surface area contributed by atoms with Crippen LogP contribution in [0.3, 0.4) is 0 Å². The summed E-state index contributed by atoms with van der Waals surface area (Å²) in [7, 11) is 0. The largest absolute Gasteiger partial charge is 0.458 e. The Labute approximate surface area is 214 Å². The number of halogens is 2. The van der Waals surface area contributed by atoms with Gasteiger partial charge in [0.05, 0.1) is 34.0 Å². The smallest absolute Gasteiger partial charge is 0.343 e. The van der Waals surface area contributed by atoms with Gasteiger partial charge < -0.3 is 24.8 Å². The number of aliphatic hydroxyl groups excluding tert-OH is 1. The van der Waals surface area contributed by atoms with Crippen LogP contribution in [0.2, 0.25) is 5.02 Å². The van der Waals surface area contributed by atoms with Crippen molar-refractivity contribution < 1.29 is 28.9 Å². The Bertz CT molecular complexity index is 1580. The summed E-state index contributed by atoms with van der Waals surface area (Å²) in [5.41, 5.74) is 0.136. The molecule has 1 saturated carbocycles. The zero-order valence-electron chi connectivity index (χ0n) is 19.8. The molecule has 192 valence electrons. The van der Waals surface area contributed by atoms with Crippen LogP contribution in [0.5, 0.6) is 0 Å². The van der Waals surface area contributed by atoms with Gasteiger partial charge in [0.15, 0.2) is 5.60 Å². The minimum absolute atomic E-state index is 0.00401. The van der Waals surface area contributed by atoms with Gasteiger partial charge in [-0.3, -0.25) is 9.59 Å². The van der Waals surface area contributed by atoms with E-state index < -0.39 is 35.0 Å². The SMILES string of the molecule is CC[C@@]1(O)C(=O)OCc2c1cc1n(c2=O)Cc2c-1nc1cc(F)c(Cl)cc1c2CNC(=O)[C@H](O)C1CC1. The van der Waals surface area contributed by atoms with Crippen molar-refractivity contribution in [1.29, 1.82) is 0 Å². The first-order valence-corrected chi connectivity index (χ1v) is 12.4. The molecule has 6 rings (SSSR count). The topological polar surface area (TPSA) is 131 Å². The summed E-state index contributed by atoms with van der Waals surface area (Å²) in [4.78, 5) is 43.1. The van der Waals surface area contributed by atoms with Gasteiger partial charge in [-0.25, -0.2) is 14.2 Å². The Kier molecular flexibility index (Phi) is 5.41. The minimum atomic E-state index is -1.97. The van der Waals surface area contributed by atoms with E-state index in [0.717, 1.165) is 12.8 Å². The minimum Gasteiger partial charge on any atom is -0.458 e. The highest BCUT2D eigenvalue weighted by Crippen LogP contribution is 2.41. The average Bonchev–Trinajstić information content (AvgIpc) is 3.66. The molecule has 3 aliphatic rings. The summed E-state index contributed by atoms with van der Waals surface area (Å²) < 4.78 is 21.0. The Morgan fingerprint density at radius 3 is 2.78 bits per heavy atom.